The molecule has 1 aromatic heterocycles. The third kappa shape index (κ3) is 1.75. The molecule has 102 valence electrons. The lowest BCUT2D eigenvalue weighted by Crippen LogP contribution is -2.20. The number of thiophene rings is 1. The highest BCUT2D eigenvalue weighted by atomic mass is 32.2. The average molecular weight is 322 g/mol. The van der Waals surface area contributed by atoms with Crippen molar-refractivity contribution in [3.63, 3.8) is 0 Å². The number of hydrogen-bond donors (Lipinski definition) is 0. The topological polar surface area (TPSA) is 15.6 Å². The van der Waals surface area contributed by atoms with Crippen molar-refractivity contribution in [1.82, 2.24) is 4.90 Å². The molecule has 1 aromatic carbocycles. The Morgan fingerprint density at radius 2 is 2.25 bits per heavy atom. The van der Waals surface area contributed by atoms with Crippen LogP contribution in [-0.2, 0) is 0 Å². The van der Waals surface area contributed by atoms with Gasteiger partial charge in [-0.1, -0.05) is 0 Å². The maximum Gasteiger partial charge on any atom is 0.169 e. The smallest absolute Gasteiger partial charge is 0.169 e. The Balaban J connectivity index is 1.96. The van der Waals surface area contributed by atoms with Gasteiger partial charge in [0, 0.05) is 17.5 Å². The van der Waals surface area contributed by atoms with E-state index in [0.717, 1.165) is 33.9 Å². The van der Waals surface area contributed by atoms with Gasteiger partial charge in [0.05, 0.1) is 21.2 Å². The van der Waals surface area contributed by atoms with Crippen LogP contribution < -0.4 is 0 Å². The van der Waals surface area contributed by atoms with E-state index in [1.54, 1.807) is 29.6 Å². The lowest BCUT2D eigenvalue weighted by Gasteiger charge is -2.18. The second kappa shape index (κ2) is 4.79. The van der Waals surface area contributed by atoms with Crippen molar-refractivity contribution in [3.8, 4) is 0 Å². The number of fused-ring (bicyclic) bond motifs is 2. The van der Waals surface area contributed by atoms with Crippen LogP contribution in [0.4, 0.5) is 4.39 Å². The minimum atomic E-state index is -0.133. The zero-order valence-corrected chi connectivity index (χ0v) is 13.2. The van der Waals surface area contributed by atoms with E-state index in [9.17, 15) is 4.39 Å². The van der Waals surface area contributed by atoms with Crippen molar-refractivity contribution in [3.05, 3.63) is 39.2 Å². The summed E-state index contributed by atoms with van der Waals surface area (Å²) < 4.78 is 15.9. The van der Waals surface area contributed by atoms with E-state index in [0.29, 0.717) is 0 Å². The molecule has 0 aliphatic carbocycles. The zero-order chi connectivity index (χ0) is 13.7. The van der Waals surface area contributed by atoms with Gasteiger partial charge >= 0.3 is 0 Å². The van der Waals surface area contributed by atoms with E-state index in [4.69, 9.17) is 0 Å². The molecule has 20 heavy (non-hydrogen) atoms. The van der Waals surface area contributed by atoms with Gasteiger partial charge in [-0.25, -0.2) is 4.39 Å². The fourth-order valence-electron chi connectivity index (χ4n) is 2.59. The summed E-state index contributed by atoms with van der Waals surface area (Å²) in [5.41, 5.74) is 2.31. The molecular weight excluding hydrogens is 311 g/mol. The third-order valence-electron chi connectivity index (χ3n) is 3.46. The molecule has 4 rings (SSSR count). The molecule has 0 N–H and O–H groups in total. The molecule has 0 spiro atoms. The van der Waals surface area contributed by atoms with Gasteiger partial charge in [0.2, 0.25) is 0 Å². The van der Waals surface area contributed by atoms with E-state index in [1.165, 1.54) is 21.3 Å². The predicted molar refractivity (Wildman–Crippen MR) is 88.8 cm³/mol. The molecule has 0 atom stereocenters. The summed E-state index contributed by atoms with van der Waals surface area (Å²) in [6.45, 7) is 1.77. The van der Waals surface area contributed by atoms with E-state index in [1.807, 2.05) is 17.5 Å². The summed E-state index contributed by atoms with van der Waals surface area (Å²) in [5.74, 6) is -0.133. The molecule has 0 fully saturated rings. The maximum atomic E-state index is 13.9. The number of thioether (sulfide) groups is 2. The van der Waals surface area contributed by atoms with Crippen molar-refractivity contribution in [2.75, 3.05) is 19.3 Å². The van der Waals surface area contributed by atoms with Crippen LogP contribution in [0.2, 0.25) is 0 Å². The lowest BCUT2D eigenvalue weighted by molar-refractivity contribution is 0.639. The summed E-state index contributed by atoms with van der Waals surface area (Å²) in [5, 5.41) is 4.04. The second-order valence-corrected chi connectivity index (χ2v) is 7.49. The summed E-state index contributed by atoms with van der Waals surface area (Å²) in [7, 11) is 0. The first-order valence-electron chi connectivity index (χ1n) is 6.24. The predicted octanol–water partition coefficient (Wildman–Crippen LogP) is 4.45. The van der Waals surface area contributed by atoms with Crippen LogP contribution in [-0.4, -0.2) is 29.4 Å². The van der Waals surface area contributed by atoms with Crippen molar-refractivity contribution in [2.45, 2.75) is 0 Å². The first kappa shape index (κ1) is 12.7. The first-order chi connectivity index (χ1) is 9.79. The first-order valence-corrected chi connectivity index (χ1v) is 9.16. The molecule has 0 radical (unpaired) electrons. The highest BCUT2D eigenvalue weighted by molar-refractivity contribution is 8.30. The Morgan fingerprint density at radius 3 is 3.10 bits per heavy atom. The summed E-state index contributed by atoms with van der Waals surface area (Å²) in [4.78, 5) is 6.80. The summed E-state index contributed by atoms with van der Waals surface area (Å²) in [6, 6.07) is 5.49. The van der Waals surface area contributed by atoms with Crippen LogP contribution in [0.1, 0.15) is 5.56 Å². The molecule has 0 amide bonds. The van der Waals surface area contributed by atoms with Crippen LogP contribution >= 0.6 is 34.9 Å². The highest BCUT2D eigenvalue weighted by Gasteiger charge is 2.33. The Labute approximate surface area is 128 Å². The summed E-state index contributed by atoms with van der Waals surface area (Å²) in [6.07, 6.45) is 2.08. The maximum absolute atomic E-state index is 13.9. The minimum absolute atomic E-state index is 0.133. The fraction of sp³-hybridized carbons (Fsp3) is 0.214. The van der Waals surface area contributed by atoms with Gasteiger partial charge in [-0.3, -0.25) is 4.99 Å². The fourth-order valence-corrected chi connectivity index (χ4v) is 5.32. The molecule has 0 unspecified atom stereocenters. The number of hydrogen-bond acceptors (Lipinski definition) is 5. The van der Waals surface area contributed by atoms with Crippen molar-refractivity contribution < 1.29 is 4.39 Å². The molecule has 0 saturated heterocycles. The molecule has 2 aromatic rings. The Morgan fingerprint density at radius 1 is 1.35 bits per heavy atom. The van der Waals surface area contributed by atoms with Crippen molar-refractivity contribution in [2.24, 2.45) is 4.99 Å². The van der Waals surface area contributed by atoms with Gasteiger partial charge in [-0.15, -0.1) is 23.1 Å². The number of nitrogens with zero attached hydrogens (tertiary/aromatic N) is 2. The summed E-state index contributed by atoms with van der Waals surface area (Å²) >= 11 is 4.93. The van der Waals surface area contributed by atoms with Gasteiger partial charge in [-0.05, 0) is 41.6 Å². The normalized spacial score (nSPS) is 18.1. The van der Waals surface area contributed by atoms with Gasteiger partial charge in [0.25, 0.3) is 0 Å². The standard InChI is InChI=1S/C14H11FN2S3/c1-18-13-11(17-6-5-16-14(17)20-13)8-2-3-10(15)12-9(8)4-7-19-12/h2-4,7H,5-6H2,1H3. The Bertz CT molecular complexity index is 763. The van der Waals surface area contributed by atoms with Gasteiger partial charge in [0.1, 0.15) is 5.82 Å². The van der Waals surface area contributed by atoms with Gasteiger partial charge < -0.3 is 4.90 Å². The van der Waals surface area contributed by atoms with E-state index >= 15 is 0 Å². The number of halogens is 1. The molecule has 2 aliphatic rings. The molecule has 0 saturated carbocycles. The second-order valence-electron chi connectivity index (χ2n) is 4.52. The molecule has 2 aliphatic heterocycles. The molecule has 2 nitrogen and oxygen atoms in total. The largest absolute Gasteiger partial charge is 0.317 e. The SMILES string of the molecule is CSC1=C(c2ccc(F)c3sccc23)N2CCN=C2S1. The van der Waals surface area contributed by atoms with E-state index in [2.05, 4.69) is 16.1 Å². The van der Waals surface area contributed by atoms with Gasteiger partial charge in [-0.2, -0.15) is 0 Å². The molecule has 3 heterocycles. The zero-order valence-electron chi connectivity index (χ0n) is 10.7. The molecule has 0 bridgehead atoms. The third-order valence-corrected chi connectivity index (χ3v) is 6.61. The van der Waals surface area contributed by atoms with E-state index in [-0.39, 0.29) is 5.82 Å². The lowest BCUT2D eigenvalue weighted by atomic mass is 10.1. The van der Waals surface area contributed by atoms with Crippen molar-refractivity contribution >= 4 is 55.8 Å². The quantitative estimate of drug-likeness (QED) is 0.812. The number of aliphatic imine (C=N–C) groups is 1. The van der Waals surface area contributed by atoms with E-state index < -0.39 is 0 Å². The molecular formula is C14H11FN2S3. The van der Waals surface area contributed by atoms with Gasteiger partial charge in [0.15, 0.2) is 5.17 Å². The average Bonchev–Trinajstić information content (AvgIpc) is 3.14. The Kier molecular flexibility index (Phi) is 3.05. The van der Waals surface area contributed by atoms with Crippen LogP contribution in [0.15, 0.2) is 32.8 Å². The van der Waals surface area contributed by atoms with Crippen LogP contribution in [0.25, 0.3) is 15.8 Å². The minimum Gasteiger partial charge on any atom is -0.317 e. The number of rotatable bonds is 2. The Hall–Kier alpha value is -0.980. The van der Waals surface area contributed by atoms with Crippen molar-refractivity contribution in [1.29, 1.82) is 0 Å². The monoisotopic (exact) mass is 322 g/mol. The molecule has 6 heteroatoms. The van der Waals surface area contributed by atoms with Crippen LogP contribution in [0.3, 0.4) is 0 Å². The number of benzene rings is 1. The van der Waals surface area contributed by atoms with Crippen LogP contribution in [0.5, 0.6) is 0 Å². The van der Waals surface area contributed by atoms with Crippen LogP contribution in [0, 0.1) is 5.82 Å². The number of amidine groups is 1. The highest BCUT2D eigenvalue weighted by Crippen LogP contribution is 2.48.